The maximum absolute atomic E-state index is 13.0. The van der Waals surface area contributed by atoms with Crippen LogP contribution in [-0.2, 0) is 10.2 Å². The number of benzene rings is 1. The highest BCUT2D eigenvalue weighted by atomic mass is 16.3. The Morgan fingerprint density at radius 2 is 2.00 bits per heavy atom. The standard InChI is InChI=1S/C17H23NO2/c19-13-14-6-4-11-18(12-14)16(20)17(9-5-10-17)15-7-2-1-3-8-15/h1-3,7-8,14,19H,4-6,9-13H2. The molecule has 1 saturated carbocycles. The summed E-state index contributed by atoms with van der Waals surface area (Å²) in [7, 11) is 0. The molecule has 1 unspecified atom stereocenters. The van der Waals surface area contributed by atoms with Crippen LogP contribution >= 0.6 is 0 Å². The van der Waals surface area contributed by atoms with Crippen molar-refractivity contribution in [3.8, 4) is 0 Å². The van der Waals surface area contributed by atoms with Crippen LogP contribution in [0.2, 0.25) is 0 Å². The maximum Gasteiger partial charge on any atom is 0.233 e. The summed E-state index contributed by atoms with van der Waals surface area (Å²) < 4.78 is 0. The average Bonchev–Trinajstić information content (AvgIpc) is 2.47. The van der Waals surface area contributed by atoms with Gasteiger partial charge in [-0.05, 0) is 37.2 Å². The predicted octanol–water partition coefficient (Wildman–Crippen LogP) is 2.34. The lowest BCUT2D eigenvalue weighted by Gasteiger charge is -2.45. The van der Waals surface area contributed by atoms with Crippen LogP contribution in [0.4, 0.5) is 0 Å². The van der Waals surface area contributed by atoms with Gasteiger partial charge in [0.15, 0.2) is 0 Å². The molecule has 1 atom stereocenters. The molecule has 2 aliphatic rings. The van der Waals surface area contributed by atoms with Crippen LogP contribution in [0.5, 0.6) is 0 Å². The lowest BCUT2D eigenvalue weighted by atomic mass is 9.63. The summed E-state index contributed by atoms with van der Waals surface area (Å²) in [4.78, 5) is 15.0. The van der Waals surface area contributed by atoms with Crippen LogP contribution in [0.15, 0.2) is 30.3 Å². The van der Waals surface area contributed by atoms with Gasteiger partial charge in [-0.3, -0.25) is 4.79 Å². The first-order chi connectivity index (χ1) is 9.76. The van der Waals surface area contributed by atoms with Crippen LogP contribution in [0.3, 0.4) is 0 Å². The molecule has 1 aliphatic heterocycles. The Balaban J connectivity index is 1.81. The smallest absolute Gasteiger partial charge is 0.233 e. The number of hydrogen-bond donors (Lipinski definition) is 1. The second-order valence-electron chi connectivity index (χ2n) is 6.24. The molecule has 3 nitrogen and oxygen atoms in total. The van der Waals surface area contributed by atoms with E-state index in [9.17, 15) is 9.90 Å². The van der Waals surface area contributed by atoms with Gasteiger partial charge in [0, 0.05) is 19.7 Å². The molecule has 0 radical (unpaired) electrons. The minimum atomic E-state index is -0.279. The van der Waals surface area contributed by atoms with E-state index >= 15 is 0 Å². The first-order valence-corrected chi connectivity index (χ1v) is 7.72. The van der Waals surface area contributed by atoms with Crippen molar-refractivity contribution in [1.82, 2.24) is 4.90 Å². The Kier molecular flexibility index (Phi) is 3.79. The number of carbonyl (C=O) groups is 1. The second-order valence-corrected chi connectivity index (χ2v) is 6.24. The van der Waals surface area contributed by atoms with Crippen LogP contribution in [0, 0.1) is 5.92 Å². The summed E-state index contributed by atoms with van der Waals surface area (Å²) in [6, 6.07) is 10.2. The number of rotatable bonds is 3. The van der Waals surface area contributed by atoms with E-state index in [1.165, 1.54) is 5.56 Å². The third kappa shape index (κ3) is 2.24. The SMILES string of the molecule is O=C(N1CCCC(CO)C1)C1(c2ccccc2)CCC1. The van der Waals surface area contributed by atoms with Crippen LogP contribution in [-0.4, -0.2) is 35.6 Å². The summed E-state index contributed by atoms with van der Waals surface area (Å²) in [5.74, 6) is 0.550. The molecule has 1 N–H and O–H groups in total. The van der Waals surface area contributed by atoms with Crippen LogP contribution in [0.1, 0.15) is 37.7 Å². The third-order valence-corrected chi connectivity index (χ3v) is 5.01. The summed E-state index contributed by atoms with van der Waals surface area (Å²) in [6.07, 6.45) is 5.13. The maximum atomic E-state index is 13.0. The number of hydrogen-bond acceptors (Lipinski definition) is 2. The highest BCUT2D eigenvalue weighted by Crippen LogP contribution is 2.45. The quantitative estimate of drug-likeness (QED) is 0.918. The first kappa shape index (κ1) is 13.6. The fraction of sp³-hybridized carbons (Fsp3) is 0.588. The highest BCUT2D eigenvalue weighted by Gasteiger charge is 2.48. The molecule has 1 heterocycles. The number of carbonyl (C=O) groups excluding carboxylic acids is 1. The fourth-order valence-electron chi connectivity index (χ4n) is 3.61. The van der Waals surface area contributed by atoms with Crippen molar-refractivity contribution < 1.29 is 9.90 Å². The molecule has 0 spiro atoms. The monoisotopic (exact) mass is 273 g/mol. The number of aliphatic hydroxyl groups excluding tert-OH is 1. The van der Waals surface area contributed by atoms with E-state index in [2.05, 4.69) is 12.1 Å². The van der Waals surface area contributed by atoms with E-state index < -0.39 is 0 Å². The van der Waals surface area contributed by atoms with Gasteiger partial charge in [0.2, 0.25) is 5.91 Å². The molecular weight excluding hydrogens is 250 g/mol. The van der Waals surface area contributed by atoms with E-state index in [1.807, 2.05) is 23.1 Å². The van der Waals surface area contributed by atoms with Crippen molar-refractivity contribution >= 4 is 5.91 Å². The molecule has 3 heteroatoms. The lowest BCUT2D eigenvalue weighted by Crippen LogP contribution is -2.53. The molecule has 1 aliphatic carbocycles. The zero-order valence-corrected chi connectivity index (χ0v) is 11.9. The summed E-state index contributed by atoms with van der Waals surface area (Å²) >= 11 is 0. The Bertz CT molecular complexity index is 467. The van der Waals surface area contributed by atoms with Crippen molar-refractivity contribution in [3.05, 3.63) is 35.9 Å². The van der Waals surface area contributed by atoms with Crippen molar-refractivity contribution in [2.75, 3.05) is 19.7 Å². The molecule has 2 fully saturated rings. The Morgan fingerprint density at radius 3 is 2.60 bits per heavy atom. The van der Waals surface area contributed by atoms with Gasteiger partial charge >= 0.3 is 0 Å². The highest BCUT2D eigenvalue weighted by molar-refractivity contribution is 5.89. The van der Waals surface area contributed by atoms with Gasteiger partial charge in [-0.2, -0.15) is 0 Å². The van der Waals surface area contributed by atoms with Crippen molar-refractivity contribution in [1.29, 1.82) is 0 Å². The Morgan fingerprint density at radius 1 is 1.25 bits per heavy atom. The van der Waals surface area contributed by atoms with Gasteiger partial charge in [0.05, 0.1) is 5.41 Å². The number of likely N-dealkylation sites (tertiary alicyclic amines) is 1. The van der Waals surface area contributed by atoms with Crippen molar-refractivity contribution in [2.24, 2.45) is 5.92 Å². The van der Waals surface area contributed by atoms with Gasteiger partial charge < -0.3 is 10.0 Å². The number of amides is 1. The molecule has 1 saturated heterocycles. The minimum Gasteiger partial charge on any atom is -0.396 e. The molecule has 0 bridgehead atoms. The van der Waals surface area contributed by atoms with Gasteiger partial charge in [-0.15, -0.1) is 0 Å². The first-order valence-electron chi connectivity index (χ1n) is 7.72. The summed E-state index contributed by atoms with van der Waals surface area (Å²) in [5.41, 5.74) is 0.890. The molecule has 108 valence electrons. The normalized spacial score (nSPS) is 25.1. The van der Waals surface area contributed by atoms with Crippen LogP contribution in [0.25, 0.3) is 0 Å². The summed E-state index contributed by atoms with van der Waals surface area (Å²) in [6.45, 7) is 1.77. The largest absolute Gasteiger partial charge is 0.396 e. The zero-order valence-electron chi connectivity index (χ0n) is 11.9. The Labute approximate surface area is 120 Å². The van der Waals surface area contributed by atoms with E-state index in [-0.39, 0.29) is 23.8 Å². The van der Waals surface area contributed by atoms with Gasteiger partial charge in [0.1, 0.15) is 0 Å². The Hall–Kier alpha value is -1.35. The van der Waals surface area contributed by atoms with Gasteiger partial charge in [-0.25, -0.2) is 0 Å². The molecule has 3 rings (SSSR count). The van der Waals surface area contributed by atoms with E-state index in [0.29, 0.717) is 0 Å². The molecule has 1 aromatic carbocycles. The molecule has 1 aromatic rings. The fourth-order valence-corrected chi connectivity index (χ4v) is 3.61. The minimum absolute atomic E-state index is 0.197. The molecule has 1 amide bonds. The van der Waals surface area contributed by atoms with E-state index in [1.54, 1.807) is 0 Å². The molecular formula is C17H23NO2. The third-order valence-electron chi connectivity index (χ3n) is 5.01. The molecule has 0 aromatic heterocycles. The molecule has 20 heavy (non-hydrogen) atoms. The number of nitrogens with zero attached hydrogens (tertiary/aromatic N) is 1. The van der Waals surface area contributed by atoms with Gasteiger partial charge in [-0.1, -0.05) is 36.8 Å². The predicted molar refractivity (Wildman–Crippen MR) is 78.4 cm³/mol. The van der Waals surface area contributed by atoms with Crippen molar-refractivity contribution in [3.63, 3.8) is 0 Å². The average molecular weight is 273 g/mol. The summed E-state index contributed by atoms with van der Waals surface area (Å²) in [5, 5.41) is 9.34. The van der Waals surface area contributed by atoms with E-state index in [0.717, 1.165) is 45.2 Å². The number of piperidine rings is 1. The zero-order chi connectivity index (χ0) is 14.0. The number of aliphatic hydroxyl groups is 1. The van der Waals surface area contributed by atoms with Crippen LogP contribution < -0.4 is 0 Å². The second kappa shape index (κ2) is 5.57. The lowest BCUT2D eigenvalue weighted by molar-refractivity contribution is -0.143. The van der Waals surface area contributed by atoms with Crippen molar-refractivity contribution in [2.45, 2.75) is 37.5 Å². The van der Waals surface area contributed by atoms with E-state index in [4.69, 9.17) is 0 Å². The topological polar surface area (TPSA) is 40.5 Å². The van der Waals surface area contributed by atoms with Gasteiger partial charge in [0.25, 0.3) is 0 Å².